The van der Waals surface area contributed by atoms with E-state index in [0.29, 0.717) is 17.5 Å². The zero-order chi connectivity index (χ0) is 15.5. The Kier molecular flexibility index (Phi) is 3.86. The van der Waals surface area contributed by atoms with Gasteiger partial charge in [0.15, 0.2) is 11.6 Å². The molecule has 0 bridgehead atoms. The molecule has 0 radical (unpaired) electrons. The minimum Gasteiger partial charge on any atom is -0.337 e. The van der Waals surface area contributed by atoms with Crippen LogP contribution in [0.2, 0.25) is 0 Å². The van der Waals surface area contributed by atoms with E-state index in [1.807, 2.05) is 38.1 Å². The monoisotopic (exact) mass is 300 g/mol. The van der Waals surface area contributed by atoms with Crippen LogP contribution >= 0.6 is 0 Å². The first-order chi connectivity index (χ1) is 10.7. The minimum atomic E-state index is -0.548. The van der Waals surface area contributed by atoms with Gasteiger partial charge in [-0.1, -0.05) is 41.5 Å². The smallest absolute Gasteiger partial charge is 0.337 e. The summed E-state index contributed by atoms with van der Waals surface area (Å²) in [6, 6.07) is 7.65. The second kappa shape index (κ2) is 5.97. The second-order valence-electron chi connectivity index (χ2n) is 5.03. The van der Waals surface area contributed by atoms with Gasteiger partial charge in [0.05, 0.1) is 0 Å². The van der Waals surface area contributed by atoms with Crippen LogP contribution in [0.25, 0.3) is 11.4 Å². The van der Waals surface area contributed by atoms with Crippen LogP contribution < -0.4 is 5.76 Å². The highest BCUT2D eigenvalue weighted by Crippen LogP contribution is 2.20. The molecule has 3 rings (SSSR count). The van der Waals surface area contributed by atoms with Crippen molar-refractivity contribution in [2.45, 2.75) is 33.2 Å². The van der Waals surface area contributed by atoms with E-state index in [1.54, 1.807) is 0 Å². The lowest BCUT2D eigenvalue weighted by atomic mass is 10.1. The molecule has 0 atom stereocenters. The molecule has 1 aromatic carbocycles. The third-order valence-corrected chi connectivity index (χ3v) is 3.35. The molecule has 0 aliphatic heterocycles. The summed E-state index contributed by atoms with van der Waals surface area (Å²) in [7, 11) is 0. The summed E-state index contributed by atoms with van der Waals surface area (Å²) >= 11 is 0. The molecule has 7 nitrogen and oxygen atoms in total. The molecule has 114 valence electrons. The van der Waals surface area contributed by atoms with E-state index in [9.17, 15) is 4.79 Å². The fourth-order valence-electron chi connectivity index (χ4n) is 2.24. The van der Waals surface area contributed by atoms with Crippen molar-refractivity contribution in [3.8, 4) is 11.4 Å². The first-order valence-electron chi connectivity index (χ1n) is 7.13. The standard InChI is InChI=1S/C15H16N4O3/c1-3-6-12-16-13(21-17-12)9-19-14(18-22-15(19)20)11-8-5-4-7-10(11)2/h4-5,7-8H,3,6,9H2,1-2H3. The molecule has 0 aliphatic rings. The molecule has 0 saturated heterocycles. The zero-order valence-corrected chi connectivity index (χ0v) is 12.4. The van der Waals surface area contributed by atoms with Gasteiger partial charge in [-0.25, -0.2) is 9.36 Å². The van der Waals surface area contributed by atoms with Crippen LogP contribution in [0.4, 0.5) is 0 Å². The summed E-state index contributed by atoms with van der Waals surface area (Å²) in [5, 5.41) is 7.76. The molecule has 0 unspecified atom stereocenters. The van der Waals surface area contributed by atoms with Gasteiger partial charge in [-0.2, -0.15) is 4.98 Å². The number of hydrogen-bond acceptors (Lipinski definition) is 6. The van der Waals surface area contributed by atoms with Crippen LogP contribution in [0.15, 0.2) is 38.1 Å². The molecule has 0 aliphatic carbocycles. The average molecular weight is 300 g/mol. The van der Waals surface area contributed by atoms with Crippen molar-refractivity contribution >= 4 is 0 Å². The van der Waals surface area contributed by atoms with Crippen LogP contribution in [0.1, 0.15) is 30.6 Å². The maximum Gasteiger partial charge on any atom is 0.442 e. The Morgan fingerprint density at radius 1 is 1.18 bits per heavy atom. The molecule has 3 aromatic rings. The zero-order valence-electron chi connectivity index (χ0n) is 12.4. The van der Waals surface area contributed by atoms with Gasteiger partial charge in [-0.15, -0.1) is 0 Å². The maximum absolute atomic E-state index is 11.9. The van der Waals surface area contributed by atoms with E-state index < -0.39 is 5.76 Å². The quantitative estimate of drug-likeness (QED) is 0.718. The van der Waals surface area contributed by atoms with E-state index in [-0.39, 0.29) is 6.54 Å². The summed E-state index contributed by atoms with van der Waals surface area (Å²) in [6.45, 7) is 4.13. The number of aryl methyl sites for hydroxylation is 2. The third-order valence-electron chi connectivity index (χ3n) is 3.35. The van der Waals surface area contributed by atoms with E-state index in [1.165, 1.54) is 4.57 Å². The summed E-state index contributed by atoms with van der Waals surface area (Å²) in [4.78, 5) is 16.2. The third kappa shape index (κ3) is 2.69. The SMILES string of the molecule is CCCc1noc(Cn2c(-c3ccccc3C)noc2=O)n1. The topological polar surface area (TPSA) is 87.0 Å². The molecule has 22 heavy (non-hydrogen) atoms. The number of benzene rings is 1. The fourth-order valence-corrected chi connectivity index (χ4v) is 2.24. The Balaban J connectivity index is 1.96. The Hall–Kier alpha value is -2.70. The van der Waals surface area contributed by atoms with Crippen molar-refractivity contribution in [3.05, 3.63) is 52.1 Å². The Bertz CT molecular complexity index is 831. The Morgan fingerprint density at radius 2 is 2.00 bits per heavy atom. The van der Waals surface area contributed by atoms with Crippen LogP contribution in [-0.2, 0) is 13.0 Å². The first-order valence-corrected chi connectivity index (χ1v) is 7.13. The number of rotatable bonds is 5. The lowest BCUT2D eigenvalue weighted by Crippen LogP contribution is -2.16. The van der Waals surface area contributed by atoms with Crippen molar-refractivity contribution < 1.29 is 9.05 Å². The number of aromatic nitrogens is 4. The summed E-state index contributed by atoms with van der Waals surface area (Å²) < 4.78 is 11.4. The lowest BCUT2D eigenvalue weighted by molar-refractivity contribution is 0.351. The van der Waals surface area contributed by atoms with Crippen LogP contribution in [-0.4, -0.2) is 19.9 Å². The molecular weight excluding hydrogens is 284 g/mol. The molecule has 2 heterocycles. The second-order valence-corrected chi connectivity index (χ2v) is 5.03. The van der Waals surface area contributed by atoms with E-state index in [4.69, 9.17) is 9.05 Å². The number of hydrogen-bond donors (Lipinski definition) is 0. The summed E-state index contributed by atoms with van der Waals surface area (Å²) in [6.07, 6.45) is 1.67. The number of nitrogens with zero attached hydrogens (tertiary/aromatic N) is 4. The van der Waals surface area contributed by atoms with Gasteiger partial charge in [0, 0.05) is 12.0 Å². The molecular formula is C15H16N4O3. The van der Waals surface area contributed by atoms with Crippen molar-refractivity contribution in [1.29, 1.82) is 0 Å². The molecule has 0 amide bonds. The van der Waals surface area contributed by atoms with Gasteiger partial charge in [-0.3, -0.25) is 4.52 Å². The van der Waals surface area contributed by atoms with Crippen LogP contribution in [0.3, 0.4) is 0 Å². The normalized spacial score (nSPS) is 11.0. The van der Waals surface area contributed by atoms with Crippen molar-refractivity contribution in [3.63, 3.8) is 0 Å². The van der Waals surface area contributed by atoms with E-state index >= 15 is 0 Å². The highest BCUT2D eigenvalue weighted by molar-refractivity contribution is 5.59. The Labute approximate surface area is 126 Å². The maximum atomic E-state index is 11.9. The van der Waals surface area contributed by atoms with Gasteiger partial charge in [0.2, 0.25) is 5.89 Å². The Morgan fingerprint density at radius 3 is 2.77 bits per heavy atom. The van der Waals surface area contributed by atoms with Gasteiger partial charge < -0.3 is 4.52 Å². The fraction of sp³-hybridized carbons (Fsp3) is 0.333. The highest BCUT2D eigenvalue weighted by Gasteiger charge is 2.17. The molecule has 0 spiro atoms. The predicted molar refractivity (Wildman–Crippen MR) is 78.3 cm³/mol. The molecule has 2 aromatic heterocycles. The van der Waals surface area contributed by atoms with Crippen molar-refractivity contribution in [1.82, 2.24) is 19.9 Å². The van der Waals surface area contributed by atoms with Gasteiger partial charge in [0.25, 0.3) is 0 Å². The first kappa shape index (κ1) is 14.2. The lowest BCUT2D eigenvalue weighted by Gasteiger charge is -2.04. The van der Waals surface area contributed by atoms with Gasteiger partial charge in [-0.05, 0) is 18.9 Å². The minimum absolute atomic E-state index is 0.142. The van der Waals surface area contributed by atoms with E-state index in [0.717, 1.165) is 24.0 Å². The van der Waals surface area contributed by atoms with Crippen LogP contribution in [0, 0.1) is 6.92 Å². The predicted octanol–water partition coefficient (Wildman–Crippen LogP) is 2.20. The van der Waals surface area contributed by atoms with Crippen LogP contribution in [0.5, 0.6) is 0 Å². The molecule has 7 heteroatoms. The molecule has 0 fully saturated rings. The van der Waals surface area contributed by atoms with Gasteiger partial charge >= 0.3 is 5.76 Å². The molecule has 0 N–H and O–H groups in total. The van der Waals surface area contributed by atoms with Gasteiger partial charge in [0.1, 0.15) is 6.54 Å². The summed E-state index contributed by atoms with van der Waals surface area (Å²) in [5.41, 5.74) is 1.84. The van der Waals surface area contributed by atoms with E-state index in [2.05, 4.69) is 15.3 Å². The van der Waals surface area contributed by atoms with Crippen molar-refractivity contribution in [2.75, 3.05) is 0 Å². The molecule has 0 saturated carbocycles. The highest BCUT2D eigenvalue weighted by atomic mass is 16.5. The largest absolute Gasteiger partial charge is 0.442 e. The average Bonchev–Trinajstić information content (AvgIpc) is 3.09. The van der Waals surface area contributed by atoms with Crippen molar-refractivity contribution in [2.24, 2.45) is 0 Å². The summed E-state index contributed by atoms with van der Waals surface area (Å²) in [5.74, 6) is 0.912.